The molecule has 2 nitrogen and oxygen atoms in total. The van der Waals surface area contributed by atoms with Crippen molar-refractivity contribution in [3.63, 3.8) is 0 Å². The van der Waals surface area contributed by atoms with E-state index in [1.165, 1.54) is 11.1 Å². The quantitative estimate of drug-likeness (QED) is 0.881. The lowest BCUT2D eigenvalue weighted by Crippen LogP contribution is -2.32. The summed E-state index contributed by atoms with van der Waals surface area (Å²) in [5.41, 5.74) is 2.40. The van der Waals surface area contributed by atoms with Crippen LogP contribution in [-0.4, -0.2) is 12.3 Å². The lowest BCUT2D eigenvalue weighted by Gasteiger charge is -2.26. The highest BCUT2D eigenvalue weighted by Gasteiger charge is 2.38. The molecule has 0 aliphatic carbocycles. The van der Waals surface area contributed by atoms with Crippen LogP contribution in [0.15, 0.2) is 48.5 Å². The Hall–Kier alpha value is -1.37. The summed E-state index contributed by atoms with van der Waals surface area (Å²) in [6, 6.07) is 16.4. The molecule has 2 aromatic carbocycles. The average molecular weight is 299 g/mol. The molecule has 1 N–H and O–H groups in total. The van der Waals surface area contributed by atoms with Crippen LogP contribution >= 0.6 is 7.14 Å². The molecule has 3 rings (SSSR count). The Morgan fingerprint density at radius 1 is 0.905 bits per heavy atom. The van der Waals surface area contributed by atoms with Crippen LogP contribution < -0.4 is 15.9 Å². The second-order valence-corrected chi connectivity index (χ2v) is 8.91. The van der Waals surface area contributed by atoms with Crippen LogP contribution in [0.2, 0.25) is 0 Å². The zero-order valence-corrected chi connectivity index (χ0v) is 13.6. The molecule has 0 amide bonds. The number of hydrogen-bond acceptors (Lipinski definition) is 2. The number of aryl methyl sites for hydroxylation is 2. The summed E-state index contributed by atoms with van der Waals surface area (Å²) >= 11 is 0. The highest BCUT2D eigenvalue weighted by Crippen LogP contribution is 2.50. The summed E-state index contributed by atoms with van der Waals surface area (Å²) in [6.07, 6.45) is 2.09. The Morgan fingerprint density at radius 3 is 1.76 bits per heavy atom. The molecular weight excluding hydrogens is 277 g/mol. The van der Waals surface area contributed by atoms with E-state index in [2.05, 4.69) is 43.4 Å². The van der Waals surface area contributed by atoms with Crippen LogP contribution in [0.3, 0.4) is 0 Å². The third-order valence-electron chi connectivity index (χ3n) is 4.31. The predicted octanol–water partition coefficient (Wildman–Crippen LogP) is 3.33. The van der Waals surface area contributed by atoms with E-state index in [-0.39, 0.29) is 5.78 Å². The normalized spacial score (nSPS) is 18.9. The van der Waals surface area contributed by atoms with Gasteiger partial charge in [0.05, 0.1) is 5.78 Å². The maximum atomic E-state index is 14.0. The van der Waals surface area contributed by atoms with Crippen molar-refractivity contribution in [1.82, 2.24) is 5.32 Å². The Balaban J connectivity index is 2.12. The van der Waals surface area contributed by atoms with Gasteiger partial charge in [0, 0.05) is 10.6 Å². The second kappa shape index (κ2) is 5.79. The topological polar surface area (TPSA) is 29.1 Å². The molecule has 1 fully saturated rings. The summed E-state index contributed by atoms with van der Waals surface area (Å²) in [7, 11) is -2.62. The minimum absolute atomic E-state index is 0.0721. The van der Waals surface area contributed by atoms with Crippen molar-refractivity contribution in [2.24, 2.45) is 0 Å². The molecule has 0 spiro atoms. The van der Waals surface area contributed by atoms with E-state index in [1.54, 1.807) is 0 Å². The van der Waals surface area contributed by atoms with Crippen molar-refractivity contribution in [2.75, 3.05) is 6.54 Å². The fourth-order valence-electron chi connectivity index (χ4n) is 3.02. The van der Waals surface area contributed by atoms with Gasteiger partial charge >= 0.3 is 0 Å². The van der Waals surface area contributed by atoms with Gasteiger partial charge < -0.3 is 9.88 Å². The zero-order chi connectivity index (χ0) is 14.9. The lowest BCUT2D eigenvalue weighted by molar-refractivity contribution is 0.571. The molecule has 3 heteroatoms. The molecule has 1 aliphatic rings. The van der Waals surface area contributed by atoms with Crippen molar-refractivity contribution in [3.8, 4) is 0 Å². The third-order valence-corrected chi connectivity index (χ3v) is 7.76. The Labute approximate surface area is 127 Å². The Kier molecular flexibility index (Phi) is 4.01. The van der Waals surface area contributed by atoms with E-state index >= 15 is 0 Å². The highest BCUT2D eigenvalue weighted by atomic mass is 31.2. The molecule has 1 atom stereocenters. The first-order chi connectivity index (χ1) is 10.1. The van der Waals surface area contributed by atoms with Crippen LogP contribution in [0.1, 0.15) is 24.0 Å². The highest BCUT2D eigenvalue weighted by molar-refractivity contribution is 7.79. The SMILES string of the molecule is Cc1ccc(P(=O)(c2ccc(C)cc2)[C@@H]2CCCN2)cc1. The van der Waals surface area contributed by atoms with Gasteiger partial charge in [-0.2, -0.15) is 0 Å². The number of hydrogen-bond donors (Lipinski definition) is 1. The van der Waals surface area contributed by atoms with Crippen LogP contribution in [0, 0.1) is 13.8 Å². The maximum absolute atomic E-state index is 14.0. The minimum Gasteiger partial charge on any atom is -0.312 e. The molecule has 1 saturated heterocycles. The Bertz CT molecular complexity index is 605. The second-order valence-electron chi connectivity index (χ2n) is 5.94. The maximum Gasteiger partial charge on any atom is 0.159 e. The van der Waals surface area contributed by atoms with Crippen molar-refractivity contribution < 1.29 is 4.57 Å². The van der Waals surface area contributed by atoms with Gasteiger partial charge in [-0.25, -0.2) is 0 Å². The van der Waals surface area contributed by atoms with Gasteiger partial charge in [-0.05, 0) is 33.2 Å². The molecule has 1 heterocycles. The monoisotopic (exact) mass is 299 g/mol. The number of benzene rings is 2. The van der Waals surface area contributed by atoms with E-state index in [1.807, 2.05) is 24.3 Å². The minimum atomic E-state index is -2.62. The van der Waals surface area contributed by atoms with Gasteiger partial charge in [-0.15, -0.1) is 0 Å². The first-order valence-electron chi connectivity index (χ1n) is 7.58. The molecule has 0 radical (unpaired) electrons. The van der Waals surface area contributed by atoms with Gasteiger partial charge in [0.15, 0.2) is 7.14 Å². The third kappa shape index (κ3) is 2.71. The number of nitrogens with one attached hydrogen (secondary N) is 1. The first kappa shape index (κ1) is 14.6. The summed E-state index contributed by atoms with van der Waals surface area (Å²) in [5.74, 6) is 0.0721. The average Bonchev–Trinajstić information content (AvgIpc) is 3.02. The predicted molar refractivity (Wildman–Crippen MR) is 90.3 cm³/mol. The fraction of sp³-hybridized carbons (Fsp3) is 0.333. The van der Waals surface area contributed by atoms with Crippen molar-refractivity contribution >= 4 is 17.8 Å². The van der Waals surface area contributed by atoms with Crippen LogP contribution in [0.4, 0.5) is 0 Å². The van der Waals surface area contributed by atoms with Gasteiger partial charge in [-0.1, -0.05) is 59.7 Å². The van der Waals surface area contributed by atoms with E-state index in [9.17, 15) is 4.57 Å². The van der Waals surface area contributed by atoms with E-state index in [0.717, 1.165) is 30.0 Å². The summed E-state index contributed by atoms with van der Waals surface area (Å²) in [5, 5.41) is 5.40. The summed E-state index contributed by atoms with van der Waals surface area (Å²) in [4.78, 5) is 0. The van der Waals surface area contributed by atoms with E-state index in [0.29, 0.717) is 0 Å². The summed E-state index contributed by atoms with van der Waals surface area (Å²) in [6.45, 7) is 5.09. The van der Waals surface area contributed by atoms with Crippen molar-refractivity contribution in [1.29, 1.82) is 0 Å². The molecule has 21 heavy (non-hydrogen) atoms. The van der Waals surface area contributed by atoms with Crippen LogP contribution in [0.5, 0.6) is 0 Å². The van der Waals surface area contributed by atoms with Gasteiger partial charge in [0.1, 0.15) is 0 Å². The summed E-state index contributed by atoms with van der Waals surface area (Å²) < 4.78 is 14.0. The molecule has 1 aliphatic heterocycles. The molecule has 0 bridgehead atoms. The van der Waals surface area contributed by atoms with Gasteiger partial charge in [0.2, 0.25) is 0 Å². The van der Waals surface area contributed by atoms with E-state index < -0.39 is 7.14 Å². The molecular formula is C18H22NOP. The molecule has 0 unspecified atom stereocenters. The standard InChI is InChI=1S/C18H22NOP/c1-14-5-9-16(10-6-14)21(20,18-4-3-13-19-18)17-11-7-15(2)8-12-17/h5-12,18-19H,3-4,13H2,1-2H3/t18-/m1/s1. The largest absolute Gasteiger partial charge is 0.312 e. The smallest absolute Gasteiger partial charge is 0.159 e. The molecule has 0 saturated carbocycles. The Morgan fingerprint density at radius 2 is 1.38 bits per heavy atom. The number of rotatable bonds is 3. The molecule has 2 aromatic rings. The van der Waals surface area contributed by atoms with Crippen molar-refractivity contribution in [2.45, 2.75) is 32.5 Å². The fourth-order valence-corrected chi connectivity index (χ4v) is 6.15. The molecule has 0 aromatic heterocycles. The van der Waals surface area contributed by atoms with Gasteiger partial charge in [0.25, 0.3) is 0 Å². The van der Waals surface area contributed by atoms with Crippen molar-refractivity contribution in [3.05, 3.63) is 59.7 Å². The lowest BCUT2D eigenvalue weighted by atomic mass is 10.2. The van der Waals surface area contributed by atoms with Gasteiger partial charge in [-0.3, -0.25) is 0 Å². The molecule has 110 valence electrons. The van der Waals surface area contributed by atoms with E-state index in [4.69, 9.17) is 0 Å². The first-order valence-corrected chi connectivity index (χ1v) is 9.36. The zero-order valence-electron chi connectivity index (χ0n) is 12.7. The van der Waals surface area contributed by atoms with Crippen LogP contribution in [0.25, 0.3) is 0 Å². The van der Waals surface area contributed by atoms with Crippen LogP contribution in [-0.2, 0) is 4.57 Å².